The zero-order chi connectivity index (χ0) is 11.7. The Kier molecular flexibility index (Phi) is 2.61. The van der Waals surface area contributed by atoms with Gasteiger partial charge in [0, 0.05) is 13.7 Å². The van der Waals surface area contributed by atoms with Crippen molar-refractivity contribution in [2.45, 2.75) is 13.7 Å². The SMILES string of the molecule is CCOCn1cnc2[nH]c(=O)n(C)c(=O)c21. The smallest absolute Gasteiger partial charge is 0.329 e. The van der Waals surface area contributed by atoms with Crippen molar-refractivity contribution in [1.29, 1.82) is 0 Å². The summed E-state index contributed by atoms with van der Waals surface area (Å²) in [6.45, 7) is 2.65. The average Bonchev–Trinajstić information content (AvgIpc) is 2.66. The second-order valence-electron chi connectivity index (χ2n) is 3.33. The maximum atomic E-state index is 11.8. The molecule has 0 saturated heterocycles. The molecule has 0 saturated carbocycles. The lowest BCUT2D eigenvalue weighted by atomic mass is 10.5. The van der Waals surface area contributed by atoms with Crippen LogP contribution in [0.4, 0.5) is 0 Å². The van der Waals surface area contributed by atoms with Gasteiger partial charge >= 0.3 is 5.69 Å². The lowest BCUT2D eigenvalue weighted by molar-refractivity contribution is 0.0903. The van der Waals surface area contributed by atoms with Crippen LogP contribution in [0.5, 0.6) is 0 Å². The average molecular weight is 224 g/mol. The minimum absolute atomic E-state index is 0.244. The molecule has 2 rings (SSSR count). The van der Waals surface area contributed by atoms with Crippen molar-refractivity contribution in [3.05, 3.63) is 27.2 Å². The fraction of sp³-hybridized carbons (Fsp3) is 0.444. The quantitative estimate of drug-likeness (QED) is 0.756. The van der Waals surface area contributed by atoms with Gasteiger partial charge in [0.05, 0.1) is 6.33 Å². The second kappa shape index (κ2) is 3.93. The van der Waals surface area contributed by atoms with Crippen LogP contribution < -0.4 is 11.2 Å². The van der Waals surface area contributed by atoms with Gasteiger partial charge in [-0.1, -0.05) is 0 Å². The summed E-state index contributed by atoms with van der Waals surface area (Å²) in [5.41, 5.74) is -0.224. The molecule has 1 N–H and O–H groups in total. The van der Waals surface area contributed by atoms with Gasteiger partial charge in [0.25, 0.3) is 5.56 Å². The Hall–Kier alpha value is -1.89. The Labute approximate surface area is 90.3 Å². The summed E-state index contributed by atoms with van der Waals surface area (Å²) in [4.78, 5) is 29.6. The van der Waals surface area contributed by atoms with Gasteiger partial charge in [-0.2, -0.15) is 0 Å². The zero-order valence-electron chi connectivity index (χ0n) is 9.06. The Balaban J connectivity index is 2.67. The van der Waals surface area contributed by atoms with Crippen molar-refractivity contribution in [3.63, 3.8) is 0 Å². The van der Waals surface area contributed by atoms with Crippen LogP contribution in [0, 0.1) is 0 Å². The highest BCUT2D eigenvalue weighted by atomic mass is 16.5. The molecule has 2 aromatic heterocycles. The van der Waals surface area contributed by atoms with E-state index in [0.29, 0.717) is 12.1 Å². The van der Waals surface area contributed by atoms with Crippen molar-refractivity contribution in [1.82, 2.24) is 19.1 Å². The standard InChI is InChI=1S/C9H12N4O3/c1-3-16-5-13-4-10-7-6(13)8(14)12(2)9(15)11-7/h4H,3,5H2,1-2H3,(H,11,15). The molecule has 0 aromatic carbocycles. The first kappa shape index (κ1) is 10.6. The highest BCUT2D eigenvalue weighted by molar-refractivity contribution is 5.68. The van der Waals surface area contributed by atoms with Gasteiger partial charge in [0.1, 0.15) is 6.73 Å². The van der Waals surface area contributed by atoms with Gasteiger partial charge in [0.15, 0.2) is 11.2 Å². The lowest BCUT2D eigenvalue weighted by Gasteiger charge is -2.03. The zero-order valence-corrected chi connectivity index (χ0v) is 9.06. The number of ether oxygens (including phenoxy) is 1. The molecule has 0 aliphatic carbocycles. The number of fused-ring (bicyclic) bond motifs is 1. The van der Waals surface area contributed by atoms with E-state index in [1.807, 2.05) is 6.92 Å². The van der Waals surface area contributed by atoms with E-state index in [-0.39, 0.29) is 17.9 Å². The van der Waals surface area contributed by atoms with Gasteiger partial charge in [-0.15, -0.1) is 0 Å². The summed E-state index contributed by atoms with van der Waals surface area (Å²) < 4.78 is 7.77. The van der Waals surface area contributed by atoms with Gasteiger partial charge in [0.2, 0.25) is 0 Å². The Morgan fingerprint density at radius 3 is 2.94 bits per heavy atom. The maximum absolute atomic E-state index is 11.8. The topological polar surface area (TPSA) is 81.9 Å². The first-order valence-corrected chi connectivity index (χ1v) is 4.87. The molecule has 2 heterocycles. The molecule has 16 heavy (non-hydrogen) atoms. The fourth-order valence-corrected chi connectivity index (χ4v) is 1.42. The third kappa shape index (κ3) is 1.54. The minimum atomic E-state index is -0.473. The van der Waals surface area contributed by atoms with Crippen molar-refractivity contribution in [2.24, 2.45) is 7.05 Å². The molecule has 0 aliphatic rings. The molecule has 0 amide bonds. The summed E-state index contributed by atoms with van der Waals surface area (Å²) in [5.74, 6) is 0. The molecule has 0 radical (unpaired) electrons. The van der Waals surface area contributed by atoms with E-state index >= 15 is 0 Å². The molecular formula is C9H12N4O3. The van der Waals surface area contributed by atoms with E-state index < -0.39 is 5.69 Å². The summed E-state index contributed by atoms with van der Waals surface area (Å²) in [6.07, 6.45) is 1.47. The molecule has 0 aliphatic heterocycles. The first-order valence-electron chi connectivity index (χ1n) is 4.87. The number of nitrogens with one attached hydrogen (secondary N) is 1. The molecule has 7 heteroatoms. The highest BCUT2D eigenvalue weighted by Gasteiger charge is 2.10. The lowest BCUT2D eigenvalue weighted by Crippen LogP contribution is -2.33. The van der Waals surface area contributed by atoms with Gasteiger partial charge in [-0.05, 0) is 6.92 Å². The van der Waals surface area contributed by atoms with Gasteiger partial charge in [-0.3, -0.25) is 14.3 Å². The van der Waals surface area contributed by atoms with Crippen LogP contribution in [0.15, 0.2) is 15.9 Å². The number of hydrogen-bond donors (Lipinski definition) is 1. The van der Waals surface area contributed by atoms with E-state index in [4.69, 9.17) is 4.74 Å². The largest absolute Gasteiger partial charge is 0.361 e. The van der Waals surface area contributed by atoms with Crippen LogP contribution in [0.2, 0.25) is 0 Å². The van der Waals surface area contributed by atoms with Crippen molar-refractivity contribution in [3.8, 4) is 0 Å². The first-order chi connectivity index (χ1) is 7.65. The van der Waals surface area contributed by atoms with E-state index in [1.165, 1.54) is 13.4 Å². The van der Waals surface area contributed by atoms with E-state index in [9.17, 15) is 9.59 Å². The number of nitrogens with zero attached hydrogens (tertiary/aromatic N) is 3. The number of rotatable bonds is 3. The molecule has 0 spiro atoms. The highest BCUT2D eigenvalue weighted by Crippen LogP contribution is 2.02. The van der Waals surface area contributed by atoms with Crippen LogP contribution in [0.3, 0.4) is 0 Å². The van der Waals surface area contributed by atoms with Crippen LogP contribution in [0.1, 0.15) is 6.92 Å². The molecule has 7 nitrogen and oxygen atoms in total. The van der Waals surface area contributed by atoms with Crippen LogP contribution in [-0.4, -0.2) is 25.7 Å². The summed E-state index contributed by atoms with van der Waals surface area (Å²) in [6, 6.07) is 0. The van der Waals surface area contributed by atoms with Crippen molar-refractivity contribution >= 4 is 11.2 Å². The van der Waals surface area contributed by atoms with E-state index in [1.54, 1.807) is 4.57 Å². The Bertz CT molecular complexity index is 622. The molecule has 0 unspecified atom stereocenters. The third-order valence-corrected chi connectivity index (χ3v) is 2.31. The van der Waals surface area contributed by atoms with Gasteiger partial charge < -0.3 is 9.30 Å². The maximum Gasteiger partial charge on any atom is 0.329 e. The number of hydrogen-bond acceptors (Lipinski definition) is 4. The summed E-state index contributed by atoms with van der Waals surface area (Å²) in [7, 11) is 1.42. The van der Waals surface area contributed by atoms with Crippen LogP contribution in [-0.2, 0) is 18.5 Å². The summed E-state index contributed by atoms with van der Waals surface area (Å²) >= 11 is 0. The van der Waals surface area contributed by atoms with Gasteiger partial charge in [-0.25, -0.2) is 9.78 Å². The number of imidazole rings is 1. The molecule has 0 fully saturated rings. The molecule has 0 bridgehead atoms. The monoisotopic (exact) mass is 224 g/mol. The van der Waals surface area contributed by atoms with Crippen LogP contribution >= 0.6 is 0 Å². The second-order valence-corrected chi connectivity index (χ2v) is 3.33. The molecule has 0 atom stereocenters. The minimum Gasteiger partial charge on any atom is -0.361 e. The molecular weight excluding hydrogens is 212 g/mol. The van der Waals surface area contributed by atoms with E-state index in [0.717, 1.165) is 4.57 Å². The summed E-state index contributed by atoms with van der Waals surface area (Å²) in [5, 5.41) is 0. The normalized spacial score (nSPS) is 11.1. The molecule has 2 aromatic rings. The number of H-pyrrole nitrogens is 1. The Morgan fingerprint density at radius 1 is 1.50 bits per heavy atom. The number of aromatic amines is 1. The molecule has 86 valence electrons. The van der Waals surface area contributed by atoms with Crippen molar-refractivity contribution in [2.75, 3.05) is 6.61 Å². The third-order valence-electron chi connectivity index (χ3n) is 2.31. The van der Waals surface area contributed by atoms with Crippen LogP contribution in [0.25, 0.3) is 11.2 Å². The number of aromatic nitrogens is 4. The predicted octanol–water partition coefficient (Wildman–Crippen LogP) is -0.583. The van der Waals surface area contributed by atoms with Crippen molar-refractivity contribution < 1.29 is 4.74 Å². The van der Waals surface area contributed by atoms with E-state index in [2.05, 4.69) is 9.97 Å². The fourth-order valence-electron chi connectivity index (χ4n) is 1.42. The predicted molar refractivity (Wildman–Crippen MR) is 57.2 cm³/mol. The Morgan fingerprint density at radius 2 is 2.25 bits per heavy atom.